The summed E-state index contributed by atoms with van der Waals surface area (Å²) in [5.41, 5.74) is 4.48. The van der Waals surface area contributed by atoms with E-state index in [2.05, 4.69) is 48.3 Å². The van der Waals surface area contributed by atoms with Crippen LogP contribution in [0.5, 0.6) is 5.75 Å². The van der Waals surface area contributed by atoms with Crippen LogP contribution >= 0.6 is 12.3 Å². The molecule has 29 heavy (non-hydrogen) atoms. The number of hydrogen-bond donors (Lipinski definition) is 1. The zero-order valence-electron chi connectivity index (χ0n) is 17.6. The molecule has 2 N–H and O–H groups in total. The summed E-state index contributed by atoms with van der Waals surface area (Å²) in [5.74, 6) is 8.61. The minimum absolute atomic E-state index is 0.168. The van der Waals surface area contributed by atoms with Gasteiger partial charge in [0, 0.05) is 5.92 Å². The average molecular weight is 417 g/mol. The lowest BCUT2D eigenvalue weighted by Gasteiger charge is -2.51. The Morgan fingerprint density at radius 2 is 2.14 bits per heavy atom. The molecule has 0 spiro atoms. The molecule has 3 aliphatic rings. The van der Waals surface area contributed by atoms with Crippen molar-refractivity contribution in [3.05, 3.63) is 28.8 Å². The van der Waals surface area contributed by atoms with E-state index in [0.717, 1.165) is 42.8 Å². The van der Waals surface area contributed by atoms with E-state index in [1.165, 1.54) is 48.8 Å². The number of nitrogens with zero attached hydrogens (tertiary/aromatic N) is 1. The molecule has 6 heteroatoms. The molecule has 6 atom stereocenters. The highest BCUT2D eigenvalue weighted by atomic mass is 32.2. The first-order chi connectivity index (χ1) is 14.0. The van der Waals surface area contributed by atoms with Crippen molar-refractivity contribution in [2.24, 2.45) is 35.0 Å². The molecule has 5 nitrogen and oxygen atoms in total. The fraction of sp³-hybridized carbons (Fsp3) is 0.696. The van der Waals surface area contributed by atoms with E-state index in [-0.39, 0.29) is 5.92 Å². The molecule has 0 amide bonds. The highest BCUT2D eigenvalue weighted by Crippen LogP contribution is 2.64. The van der Waals surface area contributed by atoms with Crippen LogP contribution in [0.4, 0.5) is 0 Å². The summed E-state index contributed by atoms with van der Waals surface area (Å²) in [7, 11) is 0. The van der Waals surface area contributed by atoms with E-state index < -0.39 is 0 Å². The van der Waals surface area contributed by atoms with Gasteiger partial charge in [0.05, 0.1) is 6.07 Å². The van der Waals surface area contributed by atoms with Crippen molar-refractivity contribution in [1.29, 1.82) is 5.26 Å². The van der Waals surface area contributed by atoms with E-state index in [0.29, 0.717) is 17.3 Å². The molecule has 0 radical (unpaired) electrons. The molecular formula is C23H32N2O3S. The zero-order valence-corrected chi connectivity index (χ0v) is 18.5. The lowest BCUT2D eigenvalue weighted by molar-refractivity contribution is -0.199. The predicted molar refractivity (Wildman–Crippen MR) is 113 cm³/mol. The largest absolute Gasteiger partial charge is 0.398 e. The van der Waals surface area contributed by atoms with Gasteiger partial charge in [0.15, 0.2) is 0 Å². The van der Waals surface area contributed by atoms with Crippen molar-refractivity contribution >= 4 is 12.3 Å². The molecule has 0 heterocycles. The van der Waals surface area contributed by atoms with Gasteiger partial charge in [-0.1, -0.05) is 19.9 Å². The SMILES string of the molecule is CCc1cc2c(cc1OSOON)CC[C@@H]1[C@@H]2CC[C@]2(C)[C@@H]([C@@H](C)C#N)CC[C@@H]12. The lowest BCUT2D eigenvalue weighted by Crippen LogP contribution is -2.43. The highest BCUT2D eigenvalue weighted by molar-refractivity contribution is 7.90. The summed E-state index contributed by atoms with van der Waals surface area (Å²) in [6.45, 7) is 6.77. The second-order valence-electron chi connectivity index (χ2n) is 9.39. The fourth-order valence-corrected chi connectivity index (χ4v) is 7.31. The van der Waals surface area contributed by atoms with Crippen LogP contribution in [0, 0.1) is 40.4 Å². The third-order valence-electron chi connectivity index (χ3n) is 8.36. The maximum absolute atomic E-state index is 9.54. The summed E-state index contributed by atoms with van der Waals surface area (Å²) in [4.78, 5) is 4.12. The Morgan fingerprint density at radius 1 is 1.31 bits per heavy atom. The molecule has 2 fully saturated rings. The van der Waals surface area contributed by atoms with E-state index >= 15 is 0 Å². The molecule has 158 valence electrons. The van der Waals surface area contributed by atoms with Gasteiger partial charge < -0.3 is 4.18 Å². The predicted octanol–water partition coefficient (Wildman–Crippen LogP) is 5.64. The normalized spacial score (nSPS) is 33.9. The van der Waals surface area contributed by atoms with Gasteiger partial charge in [-0.25, -0.2) is 0 Å². The Bertz CT molecular complexity index is 795. The molecule has 2 saturated carbocycles. The standard InChI is InChI=1S/C23H32N2O3S/c1-4-15-11-19-16(12-22(15)26-29-28-27-25)5-6-18-17(19)9-10-23(3)20(14(2)13-24)7-8-21(18)23/h11-12,14,17-18,20-21H,4-10,25H2,1-3H3/t14-,17-,18+,20+,21-,23+/m0/s1. The molecular weight excluding hydrogens is 384 g/mol. The van der Waals surface area contributed by atoms with Gasteiger partial charge in [-0.05, 0) is 104 Å². The van der Waals surface area contributed by atoms with Crippen LogP contribution in [-0.4, -0.2) is 0 Å². The number of nitriles is 1. The van der Waals surface area contributed by atoms with Gasteiger partial charge >= 0.3 is 0 Å². The first-order valence-corrected chi connectivity index (χ1v) is 11.6. The molecule has 4 rings (SSSR count). The van der Waals surface area contributed by atoms with Crippen molar-refractivity contribution in [2.45, 2.75) is 71.6 Å². The average Bonchev–Trinajstić information content (AvgIpc) is 3.09. The van der Waals surface area contributed by atoms with Crippen molar-refractivity contribution in [1.82, 2.24) is 0 Å². The zero-order chi connectivity index (χ0) is 20.6. The van der Waals surface area contributed by atoms with Crippen LogP contribution in [0.2, 0.25) is 0 Å². The minimum Gasteiger partial charge on any atom is -0.398 e. The Kier molecular flexibility index (Phi) is 6.13. The van der Waals surface area contributed by atoms with Crippen LogP contribution in [0.1, 0.15) is 75.5 Å². The van der Waals surface area contributed by atoms with Gasteiger partial charge in [-0.15, -0.1) is 9.32 Å². The Balaban J connectivity index is 1.60. The van der Waals surface area contributed by atoms with Crippen LogP contribution in [-0.2, 0) is 22.2 Å². The number of benzene rings is 1. The fourth-order valence-electron chi connectivity index (χ4n) is 7.02. The van der Waals surface area contributed by atoms with Crippen LogP contribution in [0.25, 0.3) is 0 Å². The quantitative estimate of drug-likeness (QED) is 0.280. The maximum atomic E-state index is 9.54. The molecule has 0 aliphatic heterocycles. The molecule has 0 bridgehead atoms. The summed E-state index contributed by atoms with van der Waals surface area (Å²) < 4.78 is 10.3. The third kappa shape index (κ3) is 3.57. The second-order valence-corrected chi connectivity index (χ2v) is 9.83. The van der Waals surface area contributed by atoms with Gasteiger partial charge in [0.25, 0.3) is 12.3 Å². The Morgan fingerprint density at radius 3 is 2.86 bits per heavy atom. The Labute approximate surface area is 178 Å². The van der Waals surface area contributed by atoms with Crippen molar-refractivity contribution in [3.63, 3.8) is 0 Å². The molecule has 0 unspecified atom stereocenters. The summed E-state index contributed by atoms with van der Waals surface area (Å²) in [6, 6.07) is 7.12. The molecule has 0 aromatic heterocycles. The molecule has 1 aromatic carbocycles. The Hall–Kier alpha value is -1.26. The monoisotopic (exact) mass is 416 g/mol. The number of rotatable bonds is 6. The number of aryl methyl sites for hydroxylation is 2. The lowest BCUT2D eigenvalue weighted by atomic mass is 9.53. The third-order valence-corrected chi connectivity index (χ3v) is 8.74. The first-order valence-electron chi connectivity index (χ1n) is 11.0. The van der Waals surface area contributed by atoms with E-state index in [1.807, 2.05) is 0 Å². The molecule has 1 aromatic rings. The highest BCUT2D eigenvalue weighted by Gasteiger charge is 2.55. The van der Waals surface area contributed by atoms with Crippen LogP contribution < -0.4 is 10.1 Å². The number of hydrogen-bond acceptors (Lipinski definition) is 6. The maximum Gasteiger partial charge on any atom is 0.260 e. The molecule has 0 saturated heterocycles. The van der Waals surface area contributed by atoms with Crippen molar-refractivity contribution in [3.8, 4) is 11.8 Å². The van der Waals surface area contributed by atoms with Gasteiger partial charge in [-0.2, -0.15) is 11.2 Å². The number of fused-ring (bicyclic) bond motifs is 5. The summed E-state index contributed by atoms with van der Waals surface area (Å²) >= 11 is 0.753. The van der Waals surface area contributed by atoms with E-state index in [9.17, 15) is 5.26 Å². The second kappa shape index (κ2) is 8.47. The van der Waals surface area contributed by atoms with Crippen LogP contribution in [0.3, 0.4) is 0 Å². The summed E-state index contributed by atoms with van der Waals surface area (Å²) in [6.07, 6.45) is 8.24. The minimum atomic E-state index is 0.168. The van der Waals surface area contributed by atoms with E-state index in [4.69, 9.17) is 10.1 Å². The van der Waals surface area contributed by atoms with Gasteiger partial charge in [-0.3, -0.25) is 0 Å². The van der Waals surface area contributed by atoms with Crippen molar-refractivity contribution < 1.29 is 13.5 Å². The molecule has 3 aliphatic carbocycles. The topological polar surface area (TPSA) is 77.5 Å². The smallest absolute Gasteiger partial charge is 0.260 e. The van der Waals surface area contributed by atoms with E-state index in [1.54, 1.807) is 0 Å². The van der Waals surface area contributed by atoms with Gasteiger partial charge in [0.2, 0.25) is 0 Å². The van der Waals surface area contributed by atoms with Crippen molar-refractivity contribution in [2.75, 3.05) is 0 Å². The van der Waals surface area contributed by atoms with Crippen LogP contribution in [0.15, 0.2) is 12.1 Å². The van der Waals surface area contributed by atoms with Gasteiger partial charge in [0.1, 0.15) is 5.75 Å². The first kappa shape index (κ1) is 21.0. The number of nitrogens with two attached hydrogens (primary N) is 1. The summed E-state index contributed by atoms with van der Waals surface area (Å²) in [5, 5.41) is 9.54.